The first-order chi connectivity index (χ1) is 14.7. The summed E-state index contributed by atoms with van der Waals surface area (Å²) in [6, 6.07) is 10.3. The van der Waals surface area contributed by atoms with E-state index in [9.17, 15) is 14.9 Å². The van der Waals surface area contributed by atoms with Gasteiger partial charge >= 0.3 is 0 Å². The van der Waals surface area contributed by atoms with Gasteiger partial charge in [-0.1, -0.05) is 17.4 Å². The number of carbonyl (C=O) groups excluding carboxylic acids is 1. The number of nitrogens with zero attached hydrogens (tertiary/aromatic N) is 4. The van der Waals surface area contributed by atoms with Gasteiger partial charge in [-0.25, -0.2) is 4.98 Å². The Labute approximate surface area is 185 Å². The van der Waals surface area contributed by atoms with Crippen LogP contribution in [0.25, 0.3) is 16.3 Å². The van der Waals surface area contributed by atoms with Crippen molar-refractivity contribution in [2.75, 3.05) is 32.1 Å². The SMILES string of the molecule is Cc1cc(C)c2nc(N(CCCN(C)C)C(=O)C=Cc3ccc([N+](=O)[O-])cc3)sc2c1. The number of rotatable bonds is 8. The Morgan fingerprint density at radius 3 is 2.52 bits per heavy atom. The molecule has 0 aliphatic heterocycles. The van der Waals surface area contributed by atoms with E-state index < -0.39 is 4.92 Å². The number of aromatic nitrogens is 1. The van der Waals surface area contributed by atoms with Crippen LogP contribution in [0.5, 0.6) is 0 Å². The van der Waals surface area contributed by atoms with Gasteiger partial charge in [0, 0.05) is 24.8 Å². The Hall–Kier alpha value is -3.10. The molecular formula is C23H26N4O3S. The topological polar surface area (TPSA) is 79.6 Å². The Kier molecular flexibility index (Phi) is 7.14. The predicted octanol–water partition coefficient (Wildman–Crippen LogP) is 4.82. The number of amides is 1. The molecule has 8 heteroatoms. The number of aryl methyl sites for hydroxylation is 2. The molecule has 0 saturated carbocycles. The molecule has 0 bridgehead atoms. The second-order valence-corrected chi connectivity index (χ2v) is 8.76. The first kappa shape index (κ1) is 22.6. The average Bonchev–Trinajstić information content (AvgIpc) is 3.13. The minimum Gasteiger partial charge on any atom is -0.309 e. The van der Waals surface area contributed by atoms with Crippen molar-refractivity contribution in [2.24, 2.45) is 0 Å². The molecule has 3 aromatic rings. The van der Waals surface area contributed by atoms with E-state index in [2.05, 4.69) is 24.0 Å². The molecule has 1 heterocycles. The number of nitro benzene ring substituents is 1. The van der Waals surface area contributed by atoms with Gasteiger partial charge < -0.3 is 4.90 Å². The minimum absolute atomic E-state index is 0.0222. The molecule has 0 saturated heterocycles. The quantitative estimate of drug-likeness (QED) is 0.286. The fourth-order valence-corrected chi connectivity index (χ4v) is 4.46. The summed E-state index contributed by atoms with van der Waals surface area (Å²) in [6.45, 7) is 5.50. The maximum atomic E-state index is 13.1. The van der Waals surface area contributed by atoms with Gasteiger partial charge in [0.15, 0.2) is 5.13 Å². The third-order valence-electron chi connectivity index (χ3n) is 4.82. The molecule has 3 rings (SSSR count). The van der Waals surface area contributed by atoms with Crippen LogP contribution in [0.15, 0.2) is 42.5 Å². The number of non-ortho nitro benzene ring substituents is 1. The van der Waals surface area contributed by atoms with E-state index in [1.54, 1.807) is 23.1 Å². The Bertz CT molecular complexity index is 1120. The van der Waals surface area contributed by atoms with Crippen molar-refractivity contribution in [1.29, 1.82) is 0 Å². The van der Waals surface area contributed by atoms with E-state index in [4.69, 9.17) is 4.98 Å². The highest BCUT2D eigenvalue weighted by Gasteiger charge is 2.18. The zero-order valence-electron chi connectivity index (χ0n) is 18.2. The van der Waals surface area contributed by atoms with Crippen molar-refractivity contribution < 1.29 is 9.72 Å². The van der Waals surface area contributed by atoms with Gasteiger partial charge in [-0.05, 0) is 81.9 Å². The summed E-state index contributed by atoms with van der Waals surface area (Å²) in [6.07, 6.45) is 3.99. The van der Waals surface area contributed by atoms with Crippen LogP contribution in [0.3, 0.4) is 0 Å². The summed E-state index contributed by atoms with van der Waals surface area (Å²) in [4.78, 5) is 32.0. The van der Waals surface area contributed by atoms with Crippen molar-refractivity contribution >= 4 is 44.4 Å². The average molecular weight is 439 g/mol. The largest absolute Gasteiger partial charge is 0.309 e. The predicted molar refractivity (Wildman–Crippen MR) is 127 cm³/mol. The van der Waals surface area contributed by atoms with Crippen LogP contribution in [0.4, 0.5) is 10.8 Å². The molecule has 0 aliphatic rings. The molecule has 0 unspecified atom stereocenters. The Morgan fingerprint density at radius 2 is 1.87 bits per heavy atom. The number of nitro groups is 1. The van der Waals surface area contributed by atoms with Gasteiger partial charge in [-0.3, -0.25) is 19.8 Å². The van der Waals surface area contributed by atoms with Crippen LogP contribution in [-0.4, -0.2) is 47.9 Å². The normalized spacial score (nSPS) is 11.5. The minimum atomic E-state index is -0.442. The number of thiazole rings is 1. The van der Waals surface area contributed by atoms with E-state index in [1.165, 1.54) is 35.1 Å². The highest BCUT2D eigenvalue weighted by atomic mass is 32.1. The molecule has 2 aromatic carbocycles. The standard InChI is InChI=1S/C23H26N4O3S/c1-16-14-17(2)22-20(15-16)31-23(24-22)26(13-5-12-25(3)4)21(28)11-8-18-6-9-19(10-7-18)27(29)30/h6-11,14-15H,5,12-13H2,1-4H3. The summed E-state index contributed by atoms with van der Waals surface area (Å²) >= 11 is 1.52. The molecule has 7 nitrogen and oxygen atoms in total. The Balaban J connectivity index is 1.86. The monoisotopic (exact) mass is 438 g/mol. The number of benzene rings is 2. The molecule has 0 N–H and O–H groups in total. The maximum absolute atomic E-state index is 13.1. The summed E-state index contributed by atoms with van der Waals surface area (Å²) in [7, 11) is 4.01. The number of carbonyl (C=O) groups is 1. The van der Waals surface area contributed by atoms with Gasteiger partial charge in [0.05, 0.1) is 15.1 Å². The van der Waals surface area contributed by atoms with Crippen molar-refractivity contribution in [3.63, 3.8) is 0 Å². The van der Waals surface area contributed by atoms with Gasteiger partial charge in [0.1, 0.15) is 0 Å². The molecular weight excluding hydrogens is 412 g/mol. The fourth-order valence-electron chi connectivity index (χ4n) is 3.28. The zero-order chi connectivity index (χ0) is 22.5. The third kappa shape index (κ3) is 5.74. The van der Waals surface area contributed by atoms with Crippen LogP contribution >= 0.6 is 11.3 Å². The number of hydrogen-bond acceptors (Lipinski definition) is 6. The lowest BCUT2D eigenvalue weighted by atomic mass is 10.1. The van der Waals surface area contributed by atoms with E-state index in [-0.39, 0.29) is 11.6 Å². The highest BCUT2D eigenvalue weighted by Crippen LogP contribution is 2.32. The summed E-state index contributed by atoms with van der Waals surface area (Å²) in [5.74, 6) is -0.162. The molecule has 1 amide bonds. The van der Waals surface area contributed by atoms with Crippen molar-refractivity contribution in [3.8, 4) is 0 Å². The van der Waals surface area contributed by atoms with Gasteiger partial charge in [-0.15, -0.1) is 0 Å². The van der Waals surface area contributed by atoms with Crippen molar-refractivity contribution in [1.82, 2.24) is 9.88 Å². The highest BCUT2D eigenvalue weighted by molar-refractivity contribution is 7.22. The molecule has 0 aliphatic carbocycles. The maximum Gasteiger partial charge on any atom is 0.269 e. The summed E-state index contributed by atoms with van der Waals surface area (Å²) < 4.78 is 1.07. The van der Waals surface area contributed by atoms with Crippen LogP contribution in [-0.2, 0) is 4.79 Å². The molecule has 0 atom stereocenters. The summed E-state index contributed by atoms with van der Waals surface area (Å²) in [5.41, 5.74) is 3.94. The van der Waals surface area contributed by atoms with E-state index >= 15 is 0 Å². The fraction of sp³-hybridized carbons (Fsp3) is 0.304. The number of hydrogen-bond donors (Lipinski definition) is 0. The molecule has 0 spiro atoms. The molecule has 1 aromatic heterocycles. The molecule has 31 heavy (non-hydrogen) atoms. The molecule has 162 valence electrons. The first-order valence-electron chi connectivity index (χ1n) is 10.0. The number of fused-ring (bicyclic) bond motifs is 1. The lowest BCUT2D eigenvalue weighted by Gasteiger charge is -2.19. The van der Waals surface area contributed by atoms with Crippen LogP contribution in [0, 0.1) is 24.0 Å². The van der Waals surface area contributed by atoms with E-state index in [1.807, 2.05) is 21.0 Å². The summed E-state index contributed by atoms with van der Waals surface area (Å²) in [5, 5.41) is 11.5. The lowest BCUT2D eigenvalue weighted by molar-refractivity contribution is -0.384. The van der Waals surface area contributed by atoms with Gasteiger partial charge in [-0.2, -0.15) is 0 Å². The van der Waals surface area contributed by atoms with Crippen LogP contribution in [0.2, 0.25) is 0 Å². The zero-order valence-corrected chi connectivity index (χ0v) is 19.0. The second kappa shape index (κ2) is 9.80. The third-order valence-corrected chi connectivity index (χ3v) is 5.85. The second-order valence-electron chi connectivity index (χ2n) is 7.75. The molecule has 0 fully saturated rings. The van der Waals surface area contributed by atoms with E-state index in [0.29, 0.717) is 11.7 Å². The van der Waals surface area contributed by atoms with Gasteiger partial charge in [0.2, 0.25) is 0 Å². The van der Waals surface area contributed by atoms with Gasteiger partial charge in [0.25, 0.3) is 11.6 Å². The number of anilines is 1. The van der Waals surface area contributed by atoms with Crippen molar-refractivity contribution in [3.05, 3.63) is 69.3 Å². The lowest BCUT2D eigenvalue weighted by Crippen LogP contribution is -2.32. The first-order valence-corrected chi connectivity index (χ1v) is 10.8. The molecule has 0 radical (unpaired) electrons. The van der Waals surface area contributed by atoms with Crippen LogP contribution < -0.4 is 4.90 Å². The van der Waals surface area contributed by atoms with Crippen molar-refractivity contribution in [2.45, 2.75) is 20.3 Å². The van der Waals surface area contributed by atoms with Crippen LogP contribution in [0.1, 0.15) is 23.1 Å². The van der Waals surface area contributed by atoms with E-state index in [0.717, 1.165) is 34.3 Å². The Morgan fingerprint density at radius 1 is 1.16 bits per heavy atom. The smallest absolute Gasteiger partial charge is 0.269 e.